The first-order chi connectivity index (χ1) is 10.3. The van der Waals surface area contributed by atoms with E-state index in [9.17, 15) is 0 Å². The molecule has 1 aliphatic heterocycles. The summed E-state index contributed by atoms with van der Waals surface area (Å²) in [5, 5.41) is 4.61. The molecule has 2 atom stereocenters. The molecular formula is C17H29N3S. The van der Waals surface area contributed by atoms with Gasteiger partial charge in [0.15, 0.2) is 5.13 Å². The first-order valence-electron chi connectivity index (χ1n) is 8.73. The zero-order valence-corrected chi connectivity index (χ0v) is 14.3. The number of fused-ring (bicyclic) bond motifs is 1. The molecule has 118 valence electrons. The summed E-state index contributed by atoms with van der Waals surface area (Å²) in [4.78, 5) is 9.15. The average Bonchev–Trinajstić information content (AvgIpc) is 2.90. The summed E-state index contributed by atoms with van der Waals surface area (Å²) in [5.41, 5.74) is 1.34. The predicted molar refractivity (Wildman–Crippen MR) is 91.2 cm³/mol. The molecule has 2 aliphatic rings. The molecule has 2 fully saturated rings. The van der Waals surface area contributed by atoms with Gasteiger partial charge >= 0.3 is 0 Å². The lowest BCUT2D eigenvalue weighted by molar-refractivity contribution is 0.243. The quantitative estimate of drug-likeness (QED) is 0.892. The Hall–Kier alpha value is -0.610. The summed E-state index contributed by atoms with van der Waals surface area (Å²) in [6.45, 7) is 4.44. The molecule has 3 rings (SSSR count). The van der Waals surface area contributed by atoms with Gasteiger partial charge in [-0.2, -0.15) is 0 Å². The normalized spacial score (nSPS) is 25.9. The molecule has 21 heavy (non-hydrogen) atoms. The van der Waals surface area contributed by atoms with Crippen LogP contribution < -0.4 is 10.2 Å². The minimum Gasteiger partial charge on any atom is -0.345 e. The molecule has 3 nitrogen and oxygen atoms in total. The van der Waals surface area contributed by atoms with Gasteiger partial charge in [-0.05, 0) is 45.1 Å². The molecule has 2 unspecified atom stereocenters. The van der Waals surface area contributed by atoms with Gasteiger partial charge in [-0.25, -0.2) is 4.98 Å². The number of rotatable bonds is 5. The largest absolute Gasteiger partial charge is 0.345 e. The van der Waals surface area contributed by atoms with E-state index >= 15 is 0 Å². The van der Waals surface area contributed by atoms with Gasteiger partial charge in [0.1, 0.15) is 0 Å². The second-order valence-electron chi connectivity index (χ2n) is 6.59. The number of nitrogens with zero attached hydrogens (tertiary/aromatic N) is 2. The van der Waals surface area contributed by atoms with Crippen molar-refractivity contribution in [1.29, 1.82) is 0 Å². The maximum atomic E-state index is 5.04. The highest BCUT2D eigenvalue weighted by atomic mass is 32.1. The fraction of sp³-hybridized carbons (Fsp3) is 0.824. The van der Waals surface area contributed by atoms with Crippen molar-refractivity contribution in [3.05, 3.63) is 10.6 Å². The Kier molecular flexibility index (Phi) is 5.17. The van der Waals surface area contributed by atoms with Gasteiger partial charge in [0.05, 0.1) is 5.69 Å². The molecule has 0 amide bonds. The number of anilines is 1. The van der Waals surface area contributed by atoms with E-state index in [1.165, 1.54) is 67.2 Å². The molecule has 1 aliphatic carbocycles. The molecular weight excluding hydrogens is 278 g/mol. The van der Waals surface area contributed by atoms with Crippen LogP contribution in [0.3, 0.4) is 0 Å². The smallest absolute Gasteiger partial charge is 0.186 e. The van der Waals surface area contributed by atoms with Crippen LogP contribution in [-0.2, 0) is 13.0 Å². The van der Waals surface area contributed by atoms with Crippen molar-refractivity contribution in [3.8, 4) is 0 Å². The maximum absolute atomic E-state index is 5.04. The Labute approximate surface area is 133 Å². The van der Waals surface area contributed by atoms with Gasteiger partial charge in [0.2, 0.25) is 0 Å². The summed E-state index contributed by atoms with van der Waals surface area (Å²) >= 11 is 1.94. The fourth-order valence-electron chi connectivity index (χ4n) is 4.09. The Balaban J connectivity index is 1.82. The second kappa shape index (κ2) is 7.10. The van der Waals surface area contributed by atoms with Crippen LogP contribution in [0.4, 0.5) is 5.13 Å². The van der Waals surface area contributed by atoms with Gasteiger partial charge in [-0.1, -0.05) is 26.2 Å². The summed E-state index contributed by atoms with van der Waals surface area (Å²) in [6, 6.07) is 0.774. The summed E-state index contributed by atoms with van der Waals surface area (Å²) in [5.74, 6) is 0.929. The standard InChI is InChI=1S/C17H29N3S/c1-3-7-14-16(12-18-2)21-17(19-14)20-11-6-9-13-8-4-5-10-15(13)20/h13,15,18H,3-12H2,1-2H3. The van der Waals surface area contributed by atoms with Crippen molar-refractivity contribution in [2.75, 3.05) is 18.5 Å². The van der Waals surface area contributed by atoms with E-state index in [0.717, 1.165) is 24.9 Å². The van der Waals surface area contributed by atoms with E-state index in [0.29, 0.717) is 0 Å². The zero-order valence-electron chi connectivity index (χ0n) is 13.5. The van der Waals surface area contributed by atoms with Crippen LogP contribution in [0.25, 0.3) is 0 Å². The van der Waals surface area contributed by atoms with Crippen molar-refractivity contribution in [3.63, 3.8) is 0 Å². The van der Waals surface area contributed by atoms with E-state index in [-0.39, 0.29) is 0 Å². The lowest BCUT2D eigenvalue weighted by Gasteiger charge is -2.44. The lowest BCUT2D eigenvalue weighted by atomic mass is 9.78. The number of nitrogens with one attached hydrogen (secondary N) is 1. The third-order valence-electron chi connectivity index (χ3n) is 5.08. The van der Waals surface area contributed by atoms with Gasteiger partial charge in [-0.3, -0.25) is 0 Å². The van der Waals surface area contributed by atoms with Crippen molar-refractivity contribution < 1.29 is 0 Å². The molecule has 2 heterocycles. The topological polar surface area (TPSA) is 28.2 Å². The van der Waals surface area contributed by atoms with Crippen LogP contribution in [0.2, 0.25) is 0 Å². The molecule has 0 aromatic carbocycles. The lowest BCUT2D eigenvalue weighted by Crippen LogP contribution is -2.46. The highest BCUT2D eigenvalue weighted by molar-refractivity contribution is 7.15. The molecule has 0 spiro atoms. The first kappa shape index (κ1) is 15.3. The van der Waals surface area contributed by atoms with Crippen molar-refractivity contribution in [1.82, 2.24) is 10.3 Å². The van der Waals surface area contributed by atoms with Crippen molar-refractivity contribution >= 4 is 16.5 Å². The van der Waals surface area contributed by atoms with E-state index < -0.39 is 0 Å². The fourth-order valence-corrected chi connectivity index (χ4v) is 5.29. The predicted octanol–water partition coefficient (Wildman–Crippen LogP) is 3.97. The third-order valence-corrected chi connectivity index (χ3v) is 6.21. The van der Waals surface area contributed by atoms with Crippen LogP contribution in [0, 0.1) is 5.92 Å². The molecule has 1 saturated heterocycles. The summed E-state index contributed by atoms with van der Waals surface area (Å²) < 4.78 is 0. The molecule has 1 aromatic rings. The van der Waals surface area contributed by atoms with E-state index in [1.54, 1.807) is 0 Å². The molecule has 1 aromatic heterocycles. The molecule has 1 N–H and O–H groups in total. The van der Waals surface area contributed by atoms with Crippen LogP contribution >= 0.6 is 11.3 Å². The van der Waals surface area contributed by atoms with E-state index in [4.69, 9.17) is 4.98 Å². The number of thiazole rings is 1. The Morgan fingerprint density at radius 1 is 1.24 bits per heavy atom. The third kappa shape index (κ3) is 3.26. The number of hydrogen-bond acceptors (Lipinski definition) is 4. The Morgan fingerprint density at radius 2 is 2.05 bits per heavy atom. The Morgan fingerprint density at radius 3 is 2.86 bits per heavy atom. The van der Waals surface area contributed by atoms with Crippen LogP contribution in [-0.4, -0.2) is 24.6 Å². The van der Waals surface area contributed by atoms with Crippen LogP contribution in [0.1, 0.15) is 62.4 Å². The molecule has 0 radical (unpaired) electrons. The highest BCUT2D eigenvalue weighted by Crippen LogP contribution is 2.39. The summed E-state index contributed by atoms with van der Waals surface area (Å²) in [7, 11) is 2.03. The molecule has 4 heteroatoms. The minimum absolute atomic E-state index is 0.774. The minimum atomic E-state index is 0.774. The molecule has 0 bridgehead atoms. The van der Waals surface area contributed by atoms with Crippen molar-refractivity contribution in [2.24, 2.45) is 5.92 Å². The van der Waals surface area contributed by atoms with Crippen LogP contribution in [0.15, 0.2) is 0 Å². The first-order valence-corrected chi connectivity index (χ1v) is 9.55. The van der Waals surface area contributed by atoms with E-state index in [2.05, 4.69) is 17.1 Å². The zero-order chi connectivity index (χ0) is 14.7. The van der Waals surface area contributed by atoms with Crippen LogP contribution in [0.5, 0.6) is 0 Å². The van der Waals surface area contributed by atoms with Gasteiger partial charge < -0.3 is 10.2 Å². The highest BCUT2D eigenvalue weighted by Gasteiger charge is 2.34. The maximum Gasteiger partial charge on any atom is 0.186 e. The number of aryl methyl sites for hydroxylation is 1. The number of aromatic nitrogens is 1. The van der Waals surface area contributed by atoms with Gasteiger partial charge in [0, 0.05) is 24.0 Å². The van der Waals surface area contributed by atoms with Crippen molar-refractivity contribution in [2.45, 2.75) is 70.9 Å². The SMILES string of the molecule is CCCc1nc(N2CCCC3CCCCC32)sc1CNC. The van der Waals surface area contributed by atoms with Gasteiger partial charge in [0.25, 0.3) is 0 Å². The Bertz CT molecular complexity index is 431. The average molecular weight is 308 g/mol. The second-order valence-corrected chi connectivity index (χ2v) is 7.66. The molecule has 1 saturated carbocycles. The van der Waals surface area contributed by atoms with Gasteiger partial charge in [-0.15, -0.1) is 11.3 Å². The monoisotopic (exact) mass is 307 g/mol. The number of piperidine rings is 1. The number of hydrogen-bond donors (Lipinski definition) is 1. The van der Waals surface area contributed by atoms with E-state index in [1.807, 2.05) is 18.4 Å². The summed E-state index contributed by atoms with van der Waals surface area (Å²) in [6.07, 6.45) is 10.8.